The normalized spacial score (nSPS) is 12.2. The number of ether oxygens (including phenoxy) is 1. The molecular weight excluding hydrogens is 322 g/mol. The molecule has 1 N–H and O–H groups in total. The molecule has 1 unspecified atom stereocenters. The van der Waals surface area contributed by atoms with Crippen molar-refractivity contribution >= 4 is 5.91 Å². The van der Waals surface area contributed by atoms with E-state index in [1.165, 1.54) is 5.56 Å². The van der Waals surface area contributed by atoms with Gasteiger partial charge in [-0.3, -0.25) is 4.79 Å². The maximum atomic E-state index is 12.3. The van der Waals surface area contributed by atoms with Crippen molar-refractivity contribution in [1.29, 1.82) is 0 Å². The minimum Gasteiger partial charge on any atom is -0.372 e. The van der Waals surface area contributed by atoms with Gasteiger partial charge in [-0.05, 0) is 41.9 Å². The largest absolute Gasteiger partial charge is 0.372 e. The van der Waals surface area contributed by atoms with Crippen molar-refractivity contribution < 1.29 is 9.53 Å². The van der Waals surface area contributed by atoms with Crippen LogP contribution in [0.2, 0.25) is 0 Å². The molecule has 1 amide bonds. The lowest BCUT2D eigenvalue weighted by Gasteiger charge is -2.21. The van der Waals surface area contributed by atoms with Crippen molar-refractivity contribution in [3.63, 3.8) is 0 Å². The van der Waals surface area contributed by atoms with Crippen LogP contribution in [0.5, 0.6) is 0 Å². The van der Waals surface area contributed by atoms with Crippen LogP contribution in [0.1, 0.15) is 51.6 Å². The summed E-state index contributed by atoms with van der Waals surface area (Å²) in [5.41, 5.74) is 3.48. The summed E-state index contributed by atoms with van der Waals surface area (Å²) in [7, 11) is 0. The highest BCUT2D eigenvalue weighted by Crippen LogP contribution is 2.29. The number of benzene rings is 2. The van der Waals surface area contributed by atoms with Gasteiger partial charge in [0, 0.05) is 6.61 Å². The van der Waals surface area contributed by atoms with Crippen LogP contribution in [0.15, 0.2) is 54.6 Å². The summed E-state index contributed by atoms with van der Waals surface area (Å²) < 4.78 is 5.53. The zero-order chi connectivity index (χ0) is 18.8. The van der Waals surface area contributed by atoms with Gasteiger partial charge in [0.15, 0.2) is 0 Å². The number of carbonyl (C=O) groups excluding carboxylic acids is 1. The van der Waals surface area contributed by atoms with Crippen molar-refractivity contribution in [2.45, 2.75) is 46.1 Å². The van der Waals surface area contributed by atoms with Crippen molar-refractivity contribution in [3.8, 4) is 11.1 Å². The van der Waals surface area contributed by atoms with E-state index in [-0.39, 0.29) is 18.6 Å². The van der Waals surface area contributed by atoms with Gasteiger partial charge < -0.3 is 10.1 Å². The van der Waals surface area contributed by atoms with E-state index < -0.39 is 0 Å². The molecule has 2 aromatic rings. The van der Waals surface area contributed by atoms with Gasteiger partial charge in [-0.15, -0.1) is 0 Å². The van der Waals surface area contributed by atoms with E-state index in [2.05, 4.69) is 50.4 Å². The third-order valence-electron chi connectivity index (χ3n) is 4.47. The number of nitrogens with one attached hydrogen (secondary N) is 1. The molecule has 0 aliphatic carbocycles. The molecule has 3 nitrogen and oxygen atoms in total. The lowest BCUT2D eigenvalue weighted by molar-refractivity contribution is -0.126. The molecule has 0 aromatic heterocycles. The van der Waals surface area contributed by atoms with Gasteiger partial charge in [0.25, 0.3) is 0 Å². The molecule has 2 rings (SSSR count). The van der Waals surface area contributed by atoms with Gasteiger partial charge in [-0.1, -0.05) is 75.4 Å². The molecule has 0 aliphatic heterocycles. The highest BCUT2D eigenvalue weighted by Gasteiger charge is 2.16. The average Bonchev–Trinajstić information content (AvgIpc) is 2.66. The molecule has 0 aliphatic rings. The van der Waals surface area contributed by atoms with Gasteiger partial charge in [0.05, 0.1) is 6.04 Å². The van der Waals surface area contributed by atoms with Crippen LogP contribution in [0, 0.1) is 5.92 Å². The van der Waals surface area contributed by atoms with E-state index >= 15 is 0 Å². The first-order valence-electron chi connectivity index (χ1n) is 9.63. The van der Waals surface area contributed by atoms with Crippen LogP contribution in [0.3, 0.4) is 0 Å². The number of carbonyl (C=O) groups is 1. The average molecular weight is 354 g/mol. The van der Waals surface area contributed by atoms with Crippen molar-refractivity contribution in [2.24, 2.45) is 5.92 Å². The predicted molar refractivity (Wildman–Crippen MR) is 108 cm³/mol. The molecule has 0 spiro atoms. The third-order valence-corrected chi connectivity index (χ3v) is 4.47. The molecule has 0 bridgehead atoms. The first kappa shape index (κ1) is 20.2. The lowest BCUT2D eigenvalue weighted by atomic mass is 9.93. The molecule has 0 fully saturated rings. The maximum Gasteiger partial charge on any atom is 0.246 e. The second-order valence-electron chi connectivity index (χ2n) is 7.07. The van der Waals surface area contributed by atoms with Gasteiger partial charge >= 0.3 is 0 Å². The molecule has 0 heterocycles. The van der Waals surface area contributed by atoms with Crippen LogP contribution in [0.4, 0.5) is 0 Å². The van der Waals surface area contributed by atoms with Crippen LogP contribution in [0.25, 0.3) is 11.1 Å². The Morgan fingerprint density at radius 1 is 1.04 bits per heavy atom. The predicted octanol–water partition coefficient (Wildman–Crippen LogP) is 5.37. The van der Waals surface area contributed by atoms with Crippen LogP contribution in [-0.4, -0.2) is 19.1 Å². The molecule has 140 valence electrons. The second kappa shape index (κ2) is 10.8. The highest BCUT2D eigenvalue weighted by atomic mass is 16.5. The quantitative estimate of drug-likeness (QED) is 0.583. The summed E-state index contributed by atoms with van der Waals surface area (Å²) in [6.45, 7) is 7.26. The van der Waals surface area contributed by atoms with E-state index in [9.17, 15) is 4.79 Å². The number of rotatable bonds is 10. The first-order valence-corrected chi connectivity index (χ1v) is 9.63. The SMILES string of the molecule is CCC(NC(=O)COCCCC(C)C)c1ccccc1-c1ccccc1. The minimum atomic E-state index is -0.0516. The molecule has 1 atom stereocenters. The summed E-state index contributed by atoms with van der Waals surface area (Å²) in [4.78, 5) is 12.3. The second-order valence-corrected chi connectivity index (χ2v) is 7.07. The summed E-state index contributed by atoms with van der Waals surface area (Å²) in [5, 5.41) is 3.13. The Hall–Kier alpha value is -2.13. The maximum absolute atomic E-state index is 12.3. The topological polar surface area (TPSA) is 38.3 Å². The van der Waals surface area contributed by atoms with Crippen molar-refractivity contribution in [3.05, 3.63) is 60.2 Å². The zero-order valence-electron chi connectivity index (χ0n) is 16.2. The molecule has 3 heteroatoms. The number of hydrogen-bond donors (Lipinski definition) is 1. The molecule has 0 saturated carbocycles. The monoisotopic (exact) mass is 353 g/mol. The van der Waals surface area contributed by atoms with Gasteiger partial charge in [-0.2, -0.15) is 0 Å². The standard InChI is InChI=1S/C23H31NO2/c1-4-22(24-23(25)17-26-16-10-11-18(2)3)21-15-9-8-14-20(21)19-12-6-5-7-13-19/h5-9,12-15,18,22H,4,10-11,16-17H2,1-3H3,(H,24,25). The van der Waals surface area contributed by atoms with E-state index in [1.54, 1.807) is 0 Å². The number of amides is 1. The summed E-state index contributed by atoms with van der Waals surface area (Å²) >= 11 is 0. The van der Waals surface area contributed by atoms with Crippen LogP contribution in [-0.2, 0) is 9.53 Å². The van der Waals surface area contributed by atoms with Crippen LogP contribution >= 0.6 is 0 Å². The van der Waals surface area contributed by atoms with Gasteiger partial charge in [-0.25, -0.2) is 0 Å². The Balaban J connectivity index is 1.97. The highest BCUT2D eigenvalue weighted by molar-refractivity contribution is 5.78. The lowest BCUT2D eigenvalue weighted by Crippen LogP contribution is -2.31. The Morgan fingerprint density at radius 3 is 2.42 bits per heavy atom. The Labute approximate surface area is 157 Å². The Morgan fingerprint density at radius 2 is 1.73 bits per heavy atom. The molecule has 26 heavy (non-hydrogen) atoms. The van der Waals surface area contributed by atoms with Crippen LogP contribution < -0.4 is 5.32 Å². The van der Waals surface area contributed by atoms with Crippen molar-refractivity contribution in [1.82, 2.24) is 5.32 Å². The Kier molecular flexibility index (Phi) is 8.36. The molecule has 0 saturated heterocycles. The van der Waals surface area contributed by atoms with E-state index in [1.807, 2.05) is 30.3 Å². The summed E-state index contributed by atoms with van der Waals surface area (Å²) in [6.07, 6.45) is 2.96. The fraction of sp³-hybridized carbons (Fsp3) is 0.435. The van der Waals surface area contributed by atoms with Gasteiger partial charge in [0.2, 0.25) is 5.91 Å². The zero-order valence-corrected chi connectivity index (χ0v) is 16.2. The number of hydrogen-bond acceptors (Lipinski definition) is 2. The molecule has 0 radical (unpaired) electrons. The summed E-state index contributed by atoms with van der Waals surface area (Å²) in [5.74, 6) is 0.621. The third kappa shape index (κ3) is 6.30. The fourth-order valence-electron chi connectivity index (χ4n) is 3.08. The van der Waals surface area contributed by atoms with E-state index in [0.717, 1.165) is 30.4 Å². The Bertz CT molecular complexity index is 667. The van der Waals surface area contributed by atoms with Gasteiger partial charge in [0.1, 0.15) is 6.61 Å². The molecular formula is C23H31NO2. The van der Waals surface area contributed by atoms with E-state index in [4.69, 9.17) is 4.74 Å². The smallest absolute Gasteiger partial charge is 0.246 e. The molecule has 2 aromatic carbocycles. The van der Waals surface area contributed by atoms with Crippen molar-refractivity contribution in [2.75, 3.05) is 13.2 Å². The van der Waals surface area contributed by atoms with E-state index in [0.29, 0.717) is 12.5 Å². The fourth-order valence-corrected chi connectivity index (χ4v) is 3.08. The summed E-state index contributed by atoms with van der Waals surface area (Å²) in [6, 6.07) is 18.6. The first-order chi connectivity index (χ1) is 12.6. The minimum absolute atomic E-state index is 0.0156.